The molecule has 36 heavy (non-hydrogen) atoms. The van der Waals surface area contributed by atoms with Crippen LogP contribution in [0.3, 0.4) is 0 Å². The Hall–Kier alpha value is -2.87. The summed E-state index contributed by atoms with van der Waals surface area (Å²) in [5.41, 5.74) is 3.29. The molecule has 4 atom stereocenters. The summed E-state index contributed by atoms with van der Waals surface area (Å²) in [7, 11) is 0. The monoisotopic (exact) mass is 487 g/mol. The Kier molecular flexibility index (Phi) is 7.60. The molecule has 0 unspecified atom stereocenters. The molecule has 6 heteroatoms. The van der Waals surface area contributed by atoms with Gasteiger partial charge >= 0.3 is 0 Å². The zero-order valence-corrected chi connectivity index (χ0v) is 20.8. The molecule has 3 aromatic carbocycles. The van der Waals surface area contributed by atoms with Crippen molar-refractivity contribution in [2.45, 2.75) is 63.5 Å². The van der Waals surface area contributed by atoms with E-state index < -0.39 is 29.9 Å². The molecule has 0 spiro atoms. The minimum Gasteiger partial charge on any atom is -0.371 e. The van der Waals surface area contributed by atoms with Crippen LogP contribution in [0, 0.1) is 0 Å². The molecule has 0 N–H and O–H groups in total. The predicted octanol–water partition coefficient (Wildman–Crippen LogP) is 5.31. The second-order valence-corrected chi connectivity index (χ2v) is 9.65. The average molecular weight is 488 g/mol. The van der Waals surface area contributed by atoms with Crippen LogP contribution < -0.4 is 0 Å². The maximum atomic E-state index is 6.54. The molecule has 0 aliphatic carbocycles. The lowest BCUT2D eigenvalue weighted by Gasteiger charge is -2.28. The second-order valence-electron chi connectivity index (χ2n) is 9.65. The summed E-state index contributed by atoms with van der Waals surface area (Å²) in [6, 6.07) is 30.3. The second kappa shape index (κ2) is 11.0. The van der Waals surface area contributed by atoms with Gasteiger partial charge < -0.3 is 23.7 Å². The van der Waals surface area contributed by atoms with E-state index in [0.717, 1.165) is 16.7 Å². The molecule has 2 aliphatic rings. The van der Waals surface area contributed by atoms with Crippen molar-refractivity contribution in [3.63, 3.8) is 0 Å². The van der Waals surface area contributed by atoms with Gasteiger partial charge in [-0.15, -0.1) is 0 Å². The normalized spacial score (nSPS) is 26.9. The number of hydrogen-bond donors (Lipinski definition) is 0. The molecule has 3 aromatic rings. The predicted molar refractivity (Wildman–Crippen MR) is 137 cm³/mol. The van der Waals surface area contributed by atoms with Gasteiger partial charge in [0.2, 0.25) is 5.79 Å². The Labute approximate surface area is 212 Å². The Morgan fingerprint density at radius 1 is 0.778 bits per heavy atom. The van der Waals surface area contributed by atoms with Gasteiger partial charge in [-0.05, 0) is 30.5 Å². The Balaban J connectivity index is 1.34. The van der Waals surface area contributed by atoms with Gasteiger partial charge in [0.25, 0.3) is 0 Å². The van der Waals surface area contributed by atoms with Crippen molar-refractivity contribution < 1.29 is 23.7 Å². The van der Waals surface area contributed by atoms with Crippen molar-refractivity contribution in [3.8, 4) is 0 Å². The number of aliphatic imine (C=N–C) groups is 1. The largest absolute Gasteiger partial charge is 0.371 e. The van der Waals surface area contributed by atoms with Gasteiger partial charge in [-0.1, -0.05) is 91.0 Å². The minimum absolute atomic E-state index is 0.213. The lowest BCUT2D eigenvalue weighted by atomic mass is 10.1. The van der Waals surface area contributed by atoms with E-state index in [2.05, 4.69) is 17.1 Å². The van der Waals surface area contributed by atoms with E-state index in [1.807, 2.05) is 98.9 Å². The SMILES string of the molecule is CC1(C)O[C@H]2[C@H](OCc3ccccc3)[C@H](C=NCc3ccccc3)O[C@@]2(COCc2ccccc2)O1. The molecule has 2 aliphatic heterocycles. The molecule has 0 amide bonds. The van der Waals surface area contributed by atoms with Gasteiger partial charge in [0.15, 0.2) is 5.79 Å². The van der Waals surface area contributed by atoms with Crippen LogP contribution in [0.2, 0.25) is 0 Å². The van der Waals surface area contributed by atoms with Crippen molar-refractivity contribution in [2.75, 3.05) is 6.61 Å². The molecule has 0 bridgehead atoms. The highest BCUT2D eigenvalue weighted by molar-refractivity contribution is 5.65. The smallest absolute Gasteiger partial charge is 0.225 e. The Morgan fingerprint density at radius 2 is 1.36 bits per heavy atom. The first-order valence-corrected chi connectivity index (χ1v) is 12.4. The van der Waals surface area contributed by atoms with E-state index >= 15 is 0 Å². The fraction of sp³-hybridized carbons (Fsp3) is 0.367. The number of fused-ring (bicyclic) bond motifs is 1. The van der Waals surface area contributed by atoms with E-state index in [9.17, 15) is 0 Å². The maximum absolute atomic E-state index is 6.54. The number of hydrogen-bond acceptors (Lipinski definition) is 6. The summed E-state index contributed by atoms with van der Waals surface area (Å²) in [6.45, 7) is 5.43. The molecule has 2 heterocycles. The molecule has 6 nitrogen and oxygen atoms in total. The number of rotatable bonds is 10. The van der Waals surface area contributed by atoms with Gasteiger partial charge in [0.1, 0.15) is 24.9 Å². The highest BCUT2D eigenvalue weighted by atomic mass is 16.9. The van der Waals surface area contributed by atoms with Crippen LogP contribution in [0.1, 0.15) is 30.5 Å². The van der Waals surface area contributed by atoms with Crippen LogP contribution in [0.15, 0.2) is 96.0 Å². The van der Waals surface area contributed by atoms with E-state index in [-0.39, 0.29) is 6.61 Å². The summed E-state index contributed by atoms with van der Waals surface area (Å²) in [6.07, 6.45) is 0.491. The molecule has 0 aromatic heterocycles. The van der Waals surface area contributed by atoms with Gasteiger partial charge in [-0.3, -0.25) is 4.99 Å². The standard InChI is InChI=1S/C30H33NO5/c1-29(2)35-28-27(33-21-25-16-10-5-11-17-25)26(19-31-18-23-12-6-3-7-13-23)34-30(28,36-29)22-32-20-24-14-8-4-9-15-24/h3-17,19,26-28H,18,20-22H2,1-2H3/t26-,27+,28-,30-/m0/s1. The quantitative estimate of drug-likeness (QED) is 0.363. The number of nitrogens with zero attached hydrogens (tertiary/aromatic N) is 1. The highest BCUT2D eigenvalue weighted by Gasteiger charge is 2.65. The minimum atomic E-state index is -1.09. The van der Waals surface area contributed by atoms with Crippen LogP contribution in [-0.2, 0) is 43.4 Å². The molecule has 188 valence electrons. The third kappa shape index (κ3) is 5.91. The summed E-state index contributed by atoms with van der Waals surface area (Å²) >= 11 is 0. The maximum Gasteiger partial charge on any atom is 0.225 e. The zero-order chi connectivity index (χ0) is 24.8. The summed E-state index contributed by atoms with van der Waals surface area (Å²) in [4.78, 5) is 4.67. The molecule has 0 radical (unpaired) electrons. The first-order valence-electron chi connectivity index (χ1n) is 12.4. The highest BCUT2D eigenvalue weighted by Crippen LogP contribution is 2.46. The van der Waals surface area contributed by atoms with Gasteiger partial charge in [-0.25, -0.2) is 0 Å². The van der Waals surface area contributed by atoms with E-state index in [4.69, 9.17) is 23.7 Å². The van der Waals surface area contributed by atoms with Crippen molar-refractivity contribution in [2.24, 2.45) is 4.99 Å². The molecule has 5 rings (SSSR count). The van der Waals surface area contributed by atoms with Crippen LogP contribution in [-0.4, -0.2) is 42.7 Å². The zero-order valence-electron chi connectivity index (χ0n) is 20.8. The van der Waals surface area contributed by atoms with Crippen molar-refractivity contribution in [3.05, 3.63) is 108 Å². The molecule has 0 saturated carbocycles. The third-order valence-corrected chi connectivity index (χ3v) is 6.29. The van der Waals surface area contributed by atoms with Crippen molar-refractivity contribution in [1.29, 1.82) is 0 Å². The molecule has 2 fully saturated rings. The third-order valence-electron chi connectivity index (χ3n) is 6.29. The average Bonchev–Trinajstić information content (AvgIpc) is 3.30. The van der Waals surface area contributed by atoms with Gasteiger partial charge in [0.05, 0.1) is 19.8 Å². The number of ether oxygens (including phenoxy) is 5. The lowest BCUT2D eigenvalue weighted by Crippen LogP contribution is -2.45. The fourth-order valence-corrected chi connectivity index (χ4v) is 4.71. The van der Waals surface area contributed by atoms with E-state index in [0.29, 0.717) is 19.8 Å². The van der Waals surface area contributed by atoms with Gasteiger partial charge in [0, 0.05) is 6.21 Å². The van der Waals surface area contributed by atoms with E-state index in [1.54, 1.807) is 0 Å². The first kappa shape index (κ1) is 24.8. The molecular formula is C30H33NO5. The van der Waals surface area contributed by atoms with Gasteiger partial charge in [-0.2, -0.15) is 0 Å². The van der Waals surface area contributed by atoms with Crippen LogP contribution in [0.25, 0.3) is 0 Å². The summed E-state index contributed by atoms with van der Waals surface area (Å²) in [5, 5.41) is 0. The Morgan fingerprint density at radius 3 is 2.00 bits per heavy atom. The van der Waals surface area contributed by atoms with Crippen LogP contribution in [0.5, 0.6) is 0 Å². The summed E-state index contributed by atoms with van der Waals surface area (Å²) < 4.78 is 31.8. The van der Waals surface area contributed by atoms with Crippen molar-refractivity contribution in [1.82, 2.24) is 0 Å². The van der Waals surface area contributed by atoms with Crippen LogP contribution in [0.4, 0.5) is 0 Å². The summed E-state index contributed by atoms with van der Waals surface area (Å²) in [5.74, 6) is -1.93. The molecular weight excluding hydrogens is 454 g/mol. The number of benzene rings is 3. The Bertz CT molecular complexity index is 1120. The lowest BCUT2D eigenvalue weighted by molar-refractivity contribution is -0.272. The topological polar surface area (TPSA) is 58.5 Å². The fourth-order valence-electron chi connectivity index (χ4n) is 4.71. The van der Waals surface area contributed by atoms with Crippen molar-refractivity contribution >= 4 is 6.21 Å². The molecule has 2 saturated heterocycles. The first-order chi connectivity index (χ1) is 17.5. The van der Waals surface area contributed by atoms with E-state index in [1.165, 1.54) is 0 Å². The van der Waals surface area contributed by atoms with Crippen LogP contribution >= 0.6 is 0 Å².